The number of aliphatic hydroxyl groups is 1. The Bertz CT molecular complexity index is 288. The second-order valence-electron chi connectivity index (χ2n) is 2.84. The molecule has 4 nitrogen and oxygen atoms in total. The first-order valence-electron chi connectivity index (χ1n) is 4.05. The largest absolute Gasteiger partial charge is 0.508 e. The molecular formula is C9H13NO3. The molecule has 0 aromatic heterocycles. The van der Waals surface area contributed by atoms with Crippen molar-refractivity contribution in [3.05, 3.63) is 23.8 Å². The molecule has 0 fully saturated rings. The van der Waals surface area contributed by atoms with Crippen molar-refractivity contribution in [3.8, 4) is 11.5 Å². The Labute approximate surface area is 76.2 Å². The van der Waals surface area contributed by atoms with E-state index in [1.165, 1.54) is 18.2 Å². The molecule has 0 aliphatic heterocycles. The second kappa shape index (κ2) is 4.11. The number of hydrogen-bond acceptors (Lipinski definition) is 4. The van der Waals surface area contributed by atoms with Crippen LogP contribution in [-0.4, -0.2) is 21.9 Å². The summed E-state index contributed by atoms with van der Waals surface area (Å²) in [6, 6.07) is 4.02. The number of nitrogens with two attached hydrogens (primary N) is 1. The van der Waals surface area contributed by atoms with Crippen LogP contribution in [0.1, 0.15) is 18.1 Å². The summed E-state index contributed by atoms with van der Waals surface area (Å²) < 4.78 is 0. The van der Waals surface area contributed by atoms with Crippen molar-refractivity contribution < 1.29 is 15.3 Å². The molecule has 1 atom stereocenters. The van der Waals surface area contributed by atoms with Gasteiger partial charge in [-0.3, -0.25) is 0 Å². The summed E-state index contributed by atoms with van der Waals surface area (Å²) in [5.41, 5.74) is 5.56. The summed E-state index contributed by atoms with van der Waals surface area (Å²) in [6.07, 6.45) is -0.464. The third kappa shape index (κ3) is 2.34. The summed E-state index contributed by atoms with van der Waals surface area (Å²) in [5.74, 6) is -0.0115. The molecule has 0 unspecified atom stereocenters. The molecule has 0 radical (unpaired) electrons. The quantitative estimate of drug-likeness (QED) is 0.513. The van der Waals surface area contributed by atoms with Gasteiger partial charge in [0, 0.05) is 5.56 Å². The third-order valence-corrected chi connectivity index (χ3v) is 1.81. The van der Waals surface area contributed by atoms with Gasteiger partial charge in [-0.15, -0.1) is 0 Å². The predicted octanol–water partition coefficient (Wildman–Crippen LogP) is 0.480. The molecule has 13 heavy (non-hydrogen) atoms. The molecule has 72 valence electrons. The number of aliphatic hydroxyl groups excluding tert-OH is 1. The first kappa shape index (κ1) is 9.83. The highest BCUT2D eigenvalue weighted by atomic mass is 16.3. The summed E-state index contributed by atoms with van der Waals surface area (Å²) >= 11 is 0. The van der Waals surface area contributed by atoms with Crippen LogP contribution in [-0.2, 0) is 0 Å². The predicted molar refractivity (Wildman–Crippen MR) is 48.4 cm³/mol. The van der Waals surface area contributed by atoms with Gasteiger partial charge < -0.3 is 21.1 Å². The molecular weight excluding hydrogens is 170 g/mol. The minimum atomic E-state index is -0.822. The summed E-state index contributed by atoms with van der Waals surface area (Å²) in [6.45, 7) is 0.330. The average Bonchev–Trinajstić information content (AvgIpc) is 2.09. The first-order valence-corrected chi connectivity index (χ1v) is 4.05. The molecule has 1 aromatic rings. The lowest BCUT2D eigenvalue weighted by molar-refractivity contribution is 0.166. The van der Waals surface area contributed by atoms with Crippen LogP contribution in [0.15, 0.2) is 18.2 Å². The van der Waals surface area contributed by atoms with Crippen molar-refractivity contribution in [1.29, 1.82) is 0 Å². The number of phenolic OH excluding ortho intramolecular Hbond substituents is 2. The van der Waals surface area contributed by atoms with E-state index in [9.17, 15) is 10.2 Å². The van der Waals surface area contributed by atoms with Crippen molar-refractivity contribution in [2.75, 3.05) is 6.54 Å². The standard InChI is InChI=1S/C9H13NO3/c10-4-3-9(13)7-5-6(11)1-2-8(7)12/h1-2,5,9,11-13H,3-4,10H2/t9-/m1/s1. The molecule has 0 bridgehead atoms. The number of phenols is 2. The van der Waals surface area contributed by atoms with E-state index in [1.54, 1.807) is 0 Å². The minimum absolute atomic E-state index is 0.0175. The molecule has 0 saturated carbocycles. The summed E-state index contributed by atoms with van der Waals surface area (Å²) in [5, 5.41) is 27.9. The van der Waals surface area contributed by atoms with Crippen molar-refractivity contribution >= 4 is 0 Å². The molecule has 1 aromatic carbocycles. The zero-order valence-corrected chi connectivity index (χ0v) is 7.14. The Morgan fingerprint density at radius 2 is 2.00 bits per heavy atom. The van der Waals surface area contributed by atoms with E-state index in [1.807, 2.05) is 0 Å². The minimum Gasteiger partial charge on any atom is -0.508 e. The maximum atomic E-state index is 9.47. The van der Waals surface area contributed by atoms with Crippen LogP contribution < -0.4 is 5.73 Å². The zero-order valence-electron chi connectivity index (χ0n) is 7.14. The SMILES string of the molecule is NCC[C@@H](O)c1cc(O)ccc1O. The van der Waals surface area contributed by atoms with Gasteiger partial charge in [0.2, 0.25) is 0 Å². The highest BCUT2D eigenvalue weighted by molar-refractivity contribution is 5.39. The number of benzene rings is 1. The first-order chi connectivity index (χ1) is 6.15. The maximum Gasteiger partial charge on any atom is 0.121 e. The van der Waals surface area contributed by atoms with Gasteiger partial charge in [-0.2, -0.15) is 0 Å². The van der Waals surface area contributed by atoms with Crippen LogP contribution in [0, 0.1) is 0 Å². The highest BCUT2D eigenvalue weighted by Gasteiger charge is 2.11. The van der Waals surface area contributed by atoms with Gasteiger partial charge in [0.05, 0.1) is 6.10 Å². The van der Waals surface area contributed by atoms with Crippen molar-refractivity contribution in [2.24, 2.45) is 5.73 Å². The molecule has 0 aliphatic carbocycles. The van der Waals surface area contributed by atoms with Crippen LogP contribution in [0.5, 0.6) is 11.5 Å². The Hall–Kier alpha value is -1.26. The van der Waals surface area contributed by atoms with Gasteiger partial charge in [-0.05, 0) is 31.2 Å². The topological polar surface area (TPSA) is 86.7 Å². The van der Waals surface area contributed by atoms with Gasteiger partial charge >= 0.3 is 0 Å². The second-order valence-corrected chi connectivity index (χ2v) is 2.84. The maximum absolute atomic E-state index is 9.47. The van der Waals surface area contributed by atoms with E-state index in [-0.39, 0.29) is 11.5 Å². The molecule has 0 amide bonds. The molecule has 0 heterocycles. The normalized spacial score (nSPS) is 12.8. The van der Waals surface area contributed by atoms with E-state index in [4.69, 9.17) is 10.8 Å². The van der Waals surface area contributed by atoms with Gasteiger partial charge in [0.25, 0.3) is 0 Å². The zero-order chi connectivity index (χ0) is 9.84. The third-order valence-electron chi connectivity index (χ3n) is 1.81. The van der Waals surface area contributed by atoms with Crippen LogP contribution in [0.2, 0.25) is 0 Å². The van der Waals surface area contributed by atoms with Crippen LogP contribution in [0.25, 0.3) is 0 Å². The van der Waals surface area contributed by atoms with Crippen LogP contribution in [0.3, 0.4) is 0 Å². The number of aromatic hydroxyl groups is 2. The van der Waals surface area contributed by atoms with Gasteiger partial charge in [0.1, 0.15) is 11.5 Å². The van der Waals surface area contributed by atoms with Crippen molar-refractivity contribution in [2.45, 2.75) is 12.5 Å². The molecule has 5 N–H and O–H groups in total. The Morgan fingerprint density at radius 1 is 1.31 bits per heavy atom. The van der Waals surface area contributed by atoms with E-state index in [2.05, 4.69) is 0 Å². The monoisotopic (exact) mass is 183 g/mol. The van der Waals surface area contributed by atoms with Gasteiger partial charge in [0.15, 0.2) is 0 Å². The van der Waals surface area contributed by atoms with Crippen molar-refractivity contribution in [1.82, 2.24) is 0 Å². The summed E-state index contributed by atoms with van der Waals surface area (Å²) in [4.78, 5) is 0. The fourth-order valence-electron chi connectivity index (χ4n) is 1.12. The number of rotatable bonds is 3. The lowest BCUT2D eigenvalue weighted by atomic mass is 10.1. The fraction of sp³-hybridized carbons (Fsp3) is 0.333. The van der Waals surface area contributed by atoms with Crippen molar-refractivity contribution in [3.63, 3.8) is 0 Å². The van der Waals surface area contributed by atoms with Crippen LogP contribution >= 0.6 is 0 Å². The van der Waals surface area contributed by atoms with E-state index in [0.717, 1.165) is 0 Å². The lowest BCUT2D eigenvalue weighted by Gasteiger charge is -2.11. The average molecular weight is 183 g/mol. The Morgan fingerprint density at radius 3 is 2.62 bits per heavy atom. The Balaban J connectivity index is 2.91. The molecule has 4 heteroatoms. The molecule has 0 saturated heterocycles. The summed E-state index contributed by atoms with van der Waals surface area (Å²) in [7, 11) is 0. The Kier molecular flexibility index (Phi) is 3.11. The molecule has 0 spiro atoms. The van der Waals surface area contributed by atoms with E-state index in [0.29, 0.717) is 18.5 Å². The highest BCUT2D eigenvalue weighted by Crippen LogP contribution is 2.29. The molecule has 0 aliphatic rings. The smallest absolute Gasteiger partial charge is 0.121 e. The van der Waals surface area contributed by atoms with E-state index >= 15 is 0 Å². The number of hydrogen-bond donors (Lipinski definition) is 4. The van der Waals surface area contributed by atoms with Gasteiger partial charge in [-0.25, -0.2) is 0 Å². The molecule has 1 rings (SSSR count). The van der Waals surface area contributed by atoms with Crippen LogP contribution in [0.4, 0.5) is 0 Å². The lowest BCUT2D eigenvalue weighted by Crippen LogP contribution is -2.06. The fourth-order valence-corrected chi connectivity index (χ4v) is 1.12. The van der Waals surface area contributed by atoms with Gasteiger partial charge in [-0.1, -0.05) is 0 Å². The van der Waals surface area contributed by atoms with E-state index < -0.39 is 6.10 Å².